The van der Waals surface area contributed by atoms with Crippen molar-refractivity contribution >= 4 is 17.4 Å². The third-order valence-corrected chi connectivity index (χ3v) is 3.04. The second kappa shape index (κ2) is 3.63. The zero-order chi connectivity index (χ0) is 11.0. The second-order valence-electron chi connectivity index (χ2n) is 4.10. The molecule has 0 radical (unpaired) electrons. The minimum atomic E-state index is -0.141. The van der Waals surface area contributed by atoms with E-state index in [2.05, 4.69) is 21.7 Å². The first-order valence-electron chi connectivity index (χ1n) is 5.51. The molecule has 3 rings (SSSR count). The summed E-state index contributed by atoms with van der Waals surface area (Å²) in [5.74, 6) is 0.754. The lowest BCUT2D eigenvalue weighted by Gasteiger charge is -2.25. The summed E-state index contributed by atoms with van der Waals surface area (Å²) in [5.41, 5.74) is 2.26. The number of carbonyl (C=O) groups is 1. The Labute approximate surface area is 93.8 Å². The third-order valence-electron chi connectivity index (χ3n) is 3.04. The molecular weight excluding hydrogens is 202 g/mol. The van der Waals surface area contributed by atoms with Crippen LogP contribution in [0.15, 0.2) is 29.3 Å². The average Bonchev–Trinajstić information content (AvgIpc) is 2.49. The lowest BCUT2D eigenvalue weighted by atomic mass is 9.92. The van der Waals surface area contributed by atoms with Gasteiger partial charge in [-0.2, -0.15) is 0 Å². The van der Waals surface area contributed by atoms with Crippen molar-refractivity contribution in [1.82, 2.24) is 5.32 Å². The van der Waals surface area contributed by atoms with E-state index in [1.165, 1.54) is 5.56 Å². The highest BCUT2D eigenvalue weighted by molar-refractivity contribution is 6.11. The minimum Gasteiger partial charge on any atom is -0.354 e. The standard InChI is InChI=1S/C12H13N3O/c16-12-9-7-8-3-1-2-4-10(8)15-11(9)13-5-6-14-12/h1-4,9H,5-7H2,(H,13,15)(H,14,16). The average molecular weight is 215 g/mol. The highest BCUT2D eigenvalue weighted by Gasteiger charge is 2.30. The molecule has 1 aromatic rings. The van der Waals surface area contributed by atoms with Crippen molar-refractivity contribution in [2.45, 2.75) is 6.42 Å². The van der Waals surface area contributed by atoms with Crippen molar-refractivity contribution in [2.24, 2.45) is 10.9 Å². The van der Waals surface area contributed by atoms with Gasteiger partial charge in [-0.15, -0.1) is 0 Å². The van der Waals surface area contributed by atoms with Crippen LogP contribution in [-0.2, 0) is 11.2 Å². The van der Waals surface area contributed by atoms with Gasteiger partial charge in [0.25, 0.3) is 0 Å². The molecule has 0 saturated heterocycles. The minimum absolute atomic E-state index is 0.0817. The van der Waals surface area contributed by atoms with Gasteiger partial charge in [0, 0.05) is 12.2 Å². The topological polar surface area (TPSA) is 53.5 Å². The van der Waals surface area contributed by atoms with Crippen LogP contribution in [0, 0.1) is 5.92 Å². The Bertz CT molecular complexity index is 467. The third kappa shape index (κ3) is 1.46. The molecule has 0 aliphatic carbocycles. The number of amides is 1. The Morgan fingerprint density at radius 1 is 1.31 bits per heavy atom. The number of amidine groups is 1. The van der Waals surface area contributed by atoms with E-state index in [1.807, 2.05) is 18.2 Å². The number of carbonyl (C=O) groups excluding carboxylic acids is 1. The first kappa shape index (κ1) is 9.39. The van der Waals surface area contributed by atoms with Gasteiger partial charge in [0.1, 0.15) is 5.84 Å². The molecule has 0 fully saturated rings. The Morgan fingerprint density at radius 3 is 3.12 bits per heavy atom. The Morgan fingerprint density at radius 2 is 2.19 bits per heavy atom. The van der Waals surface area contributed by atoms with E-state index in [0.717, 1.165) is 17.9 Å². The molecule has 2 aliphatic heterocycles. The fraction of sp³-hybridized carbons (Fsp3) is 0.333. The van der Waals surface area contributed by atoms with E-state index in [0.29, 0.717) is 13.1 Å². The predicted octanol–water partition coefficient (Wildman–Crippen LogP) is 0.799. The summed E-state index contributed by atoms with van der Waals surface area (Å²) >= 11 is 0. The fourth-order valence-electron chi connectivity index (χ4n) is 2.21. The number of nitrogens with one attached hydrogen (secondary N) is 2. The van der Waals surface area contributed by atoms with Gasteiger partial charge in [0.2, 0.25) is 5.91 Å². The molecule has 16 heavy (non-hydrogen) atoms. The number of rotatable bonds is 0. The number of benzene rings is 1. The van der Waals surface area contributed by atoms with Crippen LogP contribution in [0.25, 0.3) is 0 Å². The van der Waals surface area contributed by atoms with Gasteiger partial charge in [-0.3, -0.25) is 9.79 Å². The number of hydrogen-bond donors (Lipinski definition) is 2. The van der Waals surface area contributed by atoms with Crippen LogP contribution in [-0.4, -0.2) is 24.8 Å². The summed E-state index contributed by atoms with van der Waals surface area (Å²) in [4.78, 5) is 16.2. The first-order valence-corrected chi connectivity index (χ1v) is 5.51. The first-order chi connectivity index (χ1) is 7.84. The normalized spacial score (nSPS) is 23.1. The molecule has 4 heteroatoms. The largest absolute Gasteiger partial charge is 0.354 e. The Kier molecular flexibility index (Phi) is 2.13. The highest BCUT2D eigenvalue weighted by Crippen LogP contribution is 2.26. The molecule has 2 aliphatic rings. The van der Waals surface area contributed by atoms with E-state index in [4.69, 9.17) is 0 Å². The van der Waals surface area contributed by atoms with E-state index >= 15 is 0 Å². The number of fused-ring (bicyclic) bond motifs is 2. The molecule has 0 aromatic heterocycles. The summed E-state index contributed by atoms with van der Waals surface area (Å²) in [5, 5.41) is 6.14. The molecule has 1 atom stereocenters. The van der Waals surface area contributed by atoms with Crippen LogP contribution in [0.5, 0.6) is 0 Å². The molecule has 82 valence electrons. The molecule has 4 nitrogen and oxygen atoms in total. The maximum atomic E-state index is 11.8. The number of para-hydroxylation sites is 1. The number of nitrogens with zero attached hydrogens (tertiary/aromatic N) is 1. The highest BCUT2D eigenvalue weighted by atomic mass is 16.1. The molecule has 2 heterocycles. The summed E-state index contributed by atoms with van der Waals surface area (Å²) in [6.07, 6.45) is 0.744. The van der Waals surface area contributed by atoms with Gasteiger partial charge in [-0.1, -0.05) is 18.2 Å². The second-order valence-corrected chi connectivity index (χ2v) is 4.10. The van der Waals surface area contributed by atoms with E-state index in [1.54, 1.807) is 0 Å². The Balaban J connectivity index is 2.01. The van der Waals surface area contributed by atoms with Crippen molar-refractivity contribution < 1.29 is 4.79 Å². The lowest BCUT2D eigenvalue weighted by Crippen LogP contribution is -2.40. The molecule has 2 N–H and O–H groups in total. The van der Waals surface area contributed by atoms with Crippen LogP contribution in [0.1, 0.15) is 5.56 Å². The molecule has 0 saturated carbocycles. The van der Waals surface area contributed by atoms with Crippen molar-refractivity contribution in [2.75, 3.05) is 18.4 Å². The molecule has 1 aromatic carbocycles. The van der Waals surface area contributed by atoms with Crippen molar-refractivity contribution in [3.8, 4) is 0 Å². The van der Waals surface area contributed by atoms with Crippen LogP contribution in [0.2, 0.25) is 0 Å². The molecule has 0 bridgehead atoms. The maximum absolute atomic E-state index is 11.8. The number of anilines is 1. The zero-order valence-electron chi connectivity index (χ0n) is 8.86. The van der Waals surface area contributed by atoms with Crippen LogP contribution in [0.4, 0.5) is 5.69 Å². The number of aliphatic imine (C=N–C) groups is 1. The van der Waals surface area contributed by atoms with Crippen molar-refractivity contribution in [1.29, 1.82) is 0 Å². The molecule has 0 spiro atoms. The summed E-state index contributed by atoms with van der Waals surface area (Å²) < 4.78 is 0. The van der Waals surface area contributed by atoms with Gasteiger partial charge in [-0.05, 0) is 18.1 Å². The van der Waals surface area contributed by atoms with E-state index in [9.17, 15) is 4.79 Å². The van der Waals surface area contributed by atoms with E-state index < -0.39 is 0 Å². The lowest BCUT2D eigenvalue weighted by molar-refractivity contribution is -0.122. The zero-order valence-corrected chi connectivity index (χ0v) is 8.86. The molecule has 1 amide bonds. The van der Waals surface area contributed by atoms with Crippen molar-refractivity contribution in [3.63, 3.8) is 0 Å². The summed E-state index contributed by atoms with van der Waals surface area (Å²) in [7, 11) is 0. The van der Waals surface area contributed by atoms with E-state index in [-0.39, 0.29) is 11.8 Å². The monoisotopic (exact) mass is 215 g/mol. The van der Waals surface area contributed by atoms with Crippen molar-refractivity contribution in [3.05, 3.63) is 29.8 Å². The predicted molar refractivity (Wildman–Crippen MR) is 62.6 cm³/mol. The smallest absolute Gasteiger partial charge is 0.231 e. The SMILES string of the molecule is O=C1NCCN=C2Nc3ccccc3CC12. The Hall–Kier alpha value is -1.84. The van der Waals surface area contributed by atoms with Gasteiger partial charge >= 0.3 is 0 Å². The fourth-order valence-corrected chi connectivity index (χ4v) is 2.21. The van der Waals surface area contributed by atoms with Crippen LogP contribution in [0.3, 0.4) is 0 Å². The van der Waals surface area contributed by atoms with Gasteiger partial charge in [0.15, 0.2) is 0 Å². The van der Waals surface area contributed by atoms with Crippen LogP contribution >= 0.6 is 0 Å². The maximum Gasteiger partial charge on any atom is 0.231 e. The van der Waals surface area contributed by atoms with Crippen LogP contribution < -0.4 is 10.6 Å². The van der Waals surface area contributed by atoms with Gasteiger partial charge in [-0.25, -0.2) is 0 Å². The molecular formula is C12H13N3O. The van der Waals surface area contributed by atoms with Gasteiger partial charge < -0.3 is 10.6 Å². The summed E-state index contributed by atoms with van der Waals surface area (Å²) in [6.45, 7) is 1.30. The number of hydrogen-bond acceptors (Lipinski definition) is 3. The summed E-state index contributed by atoms with van der Waals surface area (Å²) in [6, 6.07) is 8.06. The van der Waals surface area contributed by atoms with Gasteiger partial charge in [0.05, 0.1) is 12.5 Å². The molecule has 1 unspecified atom stereocenters. The quantitative estimate of drug-likeness (QED) is 0.672.